The number of carbonyl (C=O) groups is 2. The first-order chi connectivity index (χ1) is 11.0. The highest BCUT2D eigenvalue weighted by atomic mass is 16.5. The van der Waals surface area contributed by atoms with Gasteiger partial charge in [0, 0.05) is 24.7 Å². The molecule has 0 fully saturated rings. The summed E-state index contributed by atoms with van der Waals surface area (Å²) in [4.78, 5) is 26.3. The molecule has 0 atom stereocenters. The third-order valence-corrected chi connectivity index (χ3v) is 4.29. The number of benzene rings is 1. The highest BCUT2D eigenvalue weighted by Gasteiger charge is 2.30. The lowest BCUT2D eigenvalue weighted by molar-refractivity contribution is 0.0591. The fraction of sp³-hybridized carbons (Fsp3) is 0.353. The minimum Gasteiger partial charge on any atom is -0.464 e. The van der Waals surface area contributed by atoms with Gasteiger partial charge in [0.25, 0.3) is 5.91 Å². The minimum absolute atomic E-state index is 0.00886. The van der Waals surface area contributed by atoms with Gasteiger partial charge in [-0.2, -0.15) is 5.10 Å². The van der Waals surface area contributed by atoms with Gasteiger partial charge in [-0.05, 0) is 25.0 Å². The maximum Gasteiger partial charge on any atom is 0.358 e. The van der Waals surface area contributed by atoms with Crippen molar-refractivity contribution in [2.75, 3.05) is 13.7 Å². The molecule has 0 radical (unpaired) electrons. The number of methoxy groups -OCH3 is 1. The molecule has 1 aliphatic heterocycles. The molecule has 1 aromatic heterocycles. The average Bonchev–Trinajstić information content (AvgIpc) is 2.90. The first kappa shape index (κ1) is 15.3. The zero-order chi connectivity index (χ0) is 16.6. The van der Waals surface area contributed by atoms with Gasteiger partial charge in [-0.1, -0.05) is 18.2 Å². The normalized spacial score (nSPS) is 13.6. The van der Waals surface area contributed by atoms with Crippen molar-refractivity contribution in [1.29, 1.82) is 0 Å². The van der Waals surface area contributed by atoms with E-state index in [-0.39, 0.29) is 5.91 Å². The maximum absolute atomic E-state index is 12.7. The summed E-state index contributed by atoms with van der Waals surface area (Å²) >= 11 is 0. The monoisotopic (exact) mass is 313 g/mol. The number of hydrogen-bond donors (Lipinski definition) is 0. The van der Waals surface area contributed by atoms with Crippen LogP contribution in [0.25, 0.3) is 0 Å². The molecular formula is C17H19N3O3. The third-order valence-electron chi connectivity index (χ3n) is 4.29. The van der Waals surface area contributed by atoms with Crippen molar-refractivity contribution >= 4 is 11.9 Å². The van der Waals surface area contributed by atoms with Crippen LogP contribution in [0.15, 0.2) is 24.3 Å². The second-order valence-corrected chi connectivity index (χ2v) is 5.68. The summed E-state index contributed by atoms with van der Waals surface area (Å²) in [5.41, 5.74) is 3.80. The Morgan fingerprint density at radius 1 is 1.26 bits per heavy atom. The van der Waals surface area contributed by atoms with Gasteiger partial charge in [0.1, 0.15) is 0 Å². The molecule has 6 nitrogen and oxygen atoms in total. The molecule has 23 heavy (non-hydrogen) atoms. The Bertz CT molecular complexity index is 779. The van der Waals surface area contributed by atoms with Crippen molar-refractivity contribution in [3.8, 4) is 0 Å². The number of ether oxygens (including phenoxy) is 1. The minimum atomic E-state index is -0.430. The average molecular weight is 313 g/mol. The van der Waals surface area contributed by atoms with Gasteiger partial charge in [0.15, 0.2) is 5.69 Å². The van der Waals surface area contributed by atoms with Gasteiger partial charge < -0.3 is 9.64 Å². The fourth-order valence-corrected chi connectivity index (χ4v) is 2.99. The Hall–Kier alpha value is -2.63. The van der Waals surface area contributed by atoms with Crippen molar-refractivity contribution in [3.63, 3.8) is 0 Å². The number of aryl methyl sites for hydroxylation is 2. The van der Waals surface area contributed by atoms with Gasteiger partial charge in [0.2, 0.25) is 0 Å². The Labute approximate surface area is 134 Å². The lowest BCUT2D eigenvalue weighted by Gasteiger charge is -2.28. The molecule has 1 aromatic carbocycles. The SMILES string of the molecule is COC(=O)c1nn(C)c2c1CCN(C(=O)c1ccccc1C)C2. The topological polar surface area (TPSA) is 64.4 Å². The highest BCUT2D eigenvalue weighted by Crippen LogP contribution is 2.24. The molecule has 0 N–H and O–H groups in total. The number of rotatable bonds is 2. The Kier molecular flexibility index (Phi) is 3.90. The standard InChI is InChI=1S/C17H19N3O3/c1-11-6-4-5-7-12(11)16(21)20-9-8-13-14(10-20)19(2)18-15(13)17(22)23-3/h4-7H,8-10H2,1-3H3. The molecule has 2 aromatic rings. The molecule has 120 valence electrons. The molecule has 0 saturated carbocycles. The summed E-state index contributed by atoms with van der Waals surface area (Å²) in [7, 11) is 3.13. The van der Waals surface area contributed by atoms with E-state index in [2.05, 4.69) is 5.10 Å². The van der Waals surface area contributed by atoms with Gasteiger partial charge in [-0.3, -0.25) is 9.48 Å². The first-order valence-corrected chi connectivity index (χ1v) is 7.51. The number of nitrogens with zero attached hydrogens (tertiary/aromatic N) is 3. The number of hydrogen-bond acceptors (Lipinski definition) is 4. The molecule has 6 heteroatoms. The van der Waals surface area contributed by atoms with Crippen LogP contribution >= 0.6 is 0 Å². The second kappa shape index (κ2) is 5.87. The zero-order valence-electron chi connectivity index (χ0n) is 13.5. The number of esters is 1. The van der Waals surface area contributed by atoms with Crippen LogP contribution < -0.4 is 0 Å². The van der Waals surface area contributed by atoms with Crippen molar-refractivity contribution in [2.45, 2.75) is 19.9 Å². The van der Waals surface area contributed by atoms with E-state index < -0.39 is 5.97 Å². The zero-order valence-corrected chi connectivity index (χ0v) is 13.5. The molecule has 1 amide bonds. The van der Waals surface area contributed by atoms with Crippen LogP contribution in [-0.2, 0) is 24.8 Å². The molecule has 1 aliphatic rings. The van der Waals surface area contributed by atoms with Crippen molar-refractivity contribution < 1.29 is 14.3 Å². The van der Waals surface area contributed by atoms with Crippen LogP contribution in [0.3, 0.4) is 0 Å². The predicted molar refractivity (Wildman–Crippen MR) is 84.2 cm³/mol. The lowest BCUT2D eigenvalue weighted by Crippen LogP contribution is -2.37. The number of fused-ring (bicyclic) bond motifs is 1. The third kappa shape index (κ3) is 2.60. The predicted octanol–water partition coefficient (Wildman–Crippen LogP) is 1.71. The fourth-order valence-electron chi connectivity index (χ4n) is 2.99. The second-order valence-electron chi connectivity index (χ2n) is 5.68. The van der Waals surface area contributed by atoms with Gasteiger partial charge in [-0.15, -0.1) is 0 Å². The molecule has 0 saturated heterocycles. The molecule has 3 rings (SSSR count). The summed E-state index contributed by atoms with van der Waals surface area (Å²) < 4.78 is 6.45. The van der Waals surface area contributed by atoms with Gasteiger partial charge in [-0.25, -0.2) is 4.79 Å². The van der Waals surface area contributed by atoms with E-state index >= 15 is 0 Å². The number of carbonyl (C=O) groups excluding carboxylic acids is 2. The van der Waals surface area contributed by atoms with E-state index in [1.807, 2.05) is 31.2 Å². The van der Waals surface area contributed by atoms with Crippen LogP contribution in [0.2, 0.25) is 0 Å². The van der Waals surface area contributed by atoms with E-state index in [0.717, 1.165) is 16.8 Å². The first-order valence-electron chi connectivity index (χ1n) is 7.51. The summed E-state index contributed by atoms with van der Waals surface area (Å²) in [6.07, 6.45) is 0.602. The van der Waals surface area contributed by atoms with Crippen LogP contribution in [0.4, 0.5) is 0 Å². The molecule has 0 spiro atoms. The Balaban J connectivity index is 1.89. The summed E-state index contributed by atoms with van der Waals surface area (Å²) in [5.74, 6) is -0.421. The van der Waals surface area contributed by atoms with Gasteiger partial charge in [0.05, 0.1) is 19.3 Å². The molecule has 0 aliphatic carbocycles. The Morgan fingerprint density at radius 2 is 2.00 bits per heavy atom. The smallest absolute Gasteiger partial charge is 0.358 e. The van der Waals surface area contributed by atoms with Crippen LogP contribution in [-0.4, -0.2) is 40.2 Å². The van der Waals surface area contributed by atoms with Crippen LogP contribution in [0.1, 0.15) is 37.7 Å². The van der Waals surface area contributed by atoms with E-state index in [1.165, 1.54) is 7.11 Å². The number of aromatic nitrogens is 2. The summed E-state index contributed by atoms with van der Waals surface area (Å²) in [6, 6.07) is 7.57. The van der Waals surface area contributed by atoms with Crippen molar-refractivity contribution in [1.82, 2.24) is 14.7 Å². The quantitative estimate of drug-likeness (QED) is 0.792. The highest BCUT2D eigenvalue weighted by molar-refractivity contribution is 5.96. The van der Waals surface area contributed by atoms with Crippen molar-refractivity contribution in [2.24, 2.45) is 7.05 Å². The Morgan fingerprint density at radius 3 is 2.70 bits per heavy atom. The van der Waals surface area contributed by atoms with E-state index in [0.29, 0.717) is 30.8 Å². The molecule has 0 unspecified atom stereocenters. The van der Waals surface area contributed by atoms with E-state index in [1.54, 1.807) is 16.6 Å². The molecular weight excluding hydrogens is 294 g/mol. The summed E-state index contributed by atoms with van der Waals surface area (Å²) in [6.45, 7) is 2.95. The van der Waals surface area contributed by atoms with Crippen LogP contribution in [0, 0.1) is 6.92 Å². The molecule has 0 bridgehead atoms. The van der Waals surface area contributed by atoms with E-state index in [4.69, 9.17) is 4.74 Å². The lowest BCUT2D eigenvalue weighted by atomic mass is 10.0. The largest absolute Gasteiger partial charge is 0.464 e. The van der Waals surface area contributed by atoms with Crippen molar-refractivity contribution in [3.05, 3.63) is 52.3 Å². The van der Waals surface area contributed by atoms with Crippen LogP contribution in [0.5, 0.6) is 0 Å². The maximum atomic E-state index is 12.7. The van der Waals surface area contributed by atoms with Gasteiger partial charge >= 0.3 is 5.97 Å². The molecule has 2 heterocycles. The number of amides is 1. The summed E-state index contributed by atoms with van der Waals surface area (Å²) in [5, 5.41) is 4.25. The van der Waals surface area contributed by atoms with E-state index in [9.17, 15) is 9.59 Å².